The van der Waals surface area contributed by atoms with E-state index in [4.69, 9.17) is 17.0 Å². The molecule has 1 saturated heterocycles. The Labute approximate surface area is 142 Å². The lowest BCUT2D eigenvalue weighted by Crippen LogP contribution is -2.27. The average molecular weight is 345 g/mol. The van der Waals surface area contributed by atoms with Crippen molar-refractivity contribution in [2.45, 2.75) is 0 Å². The minimum Gasteiger partial charge on any atom is -0.496 e. The Hall–Kier alpha value is -2.18. The highest BCUT2D eigenvalue weighted by Gasteiger charge is 2.33. The molecule has 23 heavy (non-hydrogen) atoms. The number of methoxy groups -OCH3 is 1. The summed E-state index contributed by atoms with van der Waals surface area (Å²) in [5.74, 6) is -0.00899. The maximum atomic E-state index is 13.4. The van der Waals surface area contributed by atoms with E-state index in [0.717, 1.165) is 5.56 Å². The van der Waals surface area contributed by atoms with Crippen LogP contribution in [-0.4, -0.2) is 17.3 Å². The van der Waals surface area contributed by atoms with Gasteiger partial charge in [-0.05, 0) is 30.3 Å². The van der Waals surface area contributed by atoms with Crippen LogP contribution in [0, 0.1) is 5.82 Å². The molecule has 1 fully saturated rings. The number of benzene rings is 2. The highest BCUT2D eigenvalue weighted by atomic mass is 32.2. The molecule has 0 unspecified atom stereocenters. The fourth-order valence-corrected chi connectivity index (χ4v) is 3.52. The molecule has 0 aromatic heterocycles. The first-order valence-electron chi connectivity index (χ1n) is 6.76. The van der Waals surface area contributed by atoms with Crippen LogP contribution in [0.3, 0.4) is 0 Å². The van der Waals surface area contributed by atoms with Gasteiger partial charge in [0.05, 0.1) is 17.7 Å². The molecule has 1 heterocycles. The van der Waals surface area contributed by atoms with Gasteiger partial charge in [0.1, 0.15) is 11.6 Å². The van der Waals surface area contributed by atoms with Crippen LogP contribution in [0.4, 0.5) is 10.1 Å². The molecule has 6 heteroatoms. The molecule has 116 valence electrons. The average Bonchev–Trinajstić information content (AvgIpc) is 2.82. The monoisotopic (exact) mass is 345 g/mol. The van der Waals surface area contributed by atoms with Crippen LogP contribution in [0.2, 0.25) is 0 Å². The molecule has 0 aliphatic carbocycles. The molecule has 0 saturated carbocycles. The molecular formula is C17H12FNO2S2. The number of ether oxygens (including phenoxy) is 1. The zero-order chi connectivity index (χ0) is 16.4. The molecule has 1 amide bonds. The van der Waals surface area contributed by atoms with Gasteiger partial charge in [0, 0.05) is 5.56 Å². The minimum atomic E-state index is -0.412. The number of amides is 1. The first-order chi connectivity index (χ1) is 11.1. The fraction of sp³-hybridized carbons (Fsp3) is 0.0588. The van der Waals surface area contributed by atoms with E-state index >= 15 is 0 Å². The second-order valence-electron chi connectivity index (χ2n) is 4.74. The lowest BCUT2D eigenvalue weighted by atomic mass is 10.2. The molecule has 0 atom stereocenters. The maximum absolute atomic E-state index is 13.4. The molecule has 0 N–H and O–H groups in total. The molecule has 3 rings (SSSR count). The zero-order valence-electron chi connectivity index (χ0n) is 12.2. The molecule has 3 nitrogen and oxygen atoms in total. The number of para-hydroxylation sites is 1. The van der Waals surface area contributed by atoms with Crippen LogP contribution in [0.25, 0.3) is 6.08 Å². The van der Waals surface area contributed by atoms with Crippen molar-refractivity contribution in [3.8, 4) is 5.75 Å². The summed E-state index contributed by atoms with van der Waals surface area (Å²) in [6, 6.07) is 13.2. The number of hydrogen-bond donors (Lipinski definition) is 0. The smallest absolute Gasteiger partial charge is 0.270 e. The van der Waals surface area contributed by atoms with Crippen molar-refractivity contribution < 1.29 is 13.9 Å². The van der Waals surface area contributed by atoms with Gasteiger partial charge in [-0.15, -0.1) is 0 Å². The van der Waals surface area contributed by atoms with Crippen molar-refractivity contribution in [2.75, 3.05) is 12.0 Å². The summed E-state index contributed by atoms with van der Waals surface area (Å²) in [5.41, 5.74) is 1.21. The molecule has 0 spiro atoms. The summed E-state index contributed by atoms with van der Waals surface area (Å²) in [4.78, 5) is 14.4. The Morgan fingerprint density at radius 1 is 1.22 bits per heavy atom. The van der Waals surface area contributed by atoms with E-state index in [1.54, 1.807) is 25.3 Å². The lowest BCUT2D eigenvalue weighted by molar-refractivity contribution is -0.113. The predicted molar refractivity (Wildman–Crippen MR) is 95.0 cm³/mol. The van der Waals surface area contributed by atoms with E-state index < -0.39 is 5.82 Å². The van der Waals surface area contributed by atoms with E-state index in [0.29, 0.717) is 20.7 Å². The summed E-state index contributed by atoms with van der Waals surface area (Å²) in [5, 5.41) is 0. The number of carbonyl (C=O) groups is 1. The first-order valence-corrected chi connectivity index (χ1v) is 7.99. The largest absolute Gasteiger partial charge is 0.496 e. The zero-order valence-corrected chi connectivity index (χ0v) is 13.8. The van der Waals surface area contributed by atoms with Crippen molar-refractivity contribution in [1.29, 1.82) is 0 Å². The minimum absolute atomic E-state index is 0.267. The summed E-state index contributed by atoms with van der Waals surface area (Å²) < 4.78 is 19.1. The van der Waals surface area contributed by atoms with Gasteiger partial charge in [-0.3, -0.25) is 9.69 Å². The molecule has 0 radical (unpaired) electrons. The third-order valence-corrected chi connectivity index (χ3v) is 4.59. The number of rotatable bonds is 3. The topological polar surface area (TPSA) is 29.5 Å². The first kappa shape index (κ1) is 15.7. The van der Waals surface area contributed by atoms with Crippen LogP contribution in [0.1, 0.15) is 5.56 Å². The van der Waals surface area contributed by atoms with Gasteiger partial charge >= 0.3 is 0 Å². The van der Waals surface area contributed by atoms with E-state index in [-0.39, 0.29) is 5.91 Å². The highest BCUT2D eigenvalue weighted by molar-refractivity contribution is 8.27. The van der Waals surface area contributed by atoms with Crippen LogP contribution >= 0.6 is 24.0 Å². The van der Waals surface area contributed by atoms with Gasteiger partial charge in [0.15, 0.2) is 4.32 Å². The van der Waals surface area contributed by atoms with Crippen molar-refractivity contribution in [3.05, 3.63) is 64.8 Å². The van der Waals surface area contributed by atoms with E-state index in [1.165, 1.54) is 28.8 Å². The van der Waals surface area contributed by atoms with Crippen LogP contribution in [-0.2, 0) is 4.79 Å². The molecular weight excluding hydrogens is 333 g/mol. The van der Waals surface area contributed by atoms with Crippen LogP contribution < -0.4 is 9.64 Å². The number of thiocarbonyl (C=S) groups is 1. The second kappa shape index (κ2) is 6.52. The number of hydrogen-bond acceptors (Lipinski definition) is 4. The third-order valence-electron chi connectivity index (χ3n) is 3.29. The Bertz CT molecular complexity index is 820. The van der Waals surface area contributed by atoms with Crippen LogP contribution in [0.5, 0.6) is 5.75 Å². The number of anilines is 1. The highest BCUT2D eigenvalue weighted by Crippen LogP contribution is 2.37. The van der Waals surface area contributed by atoms with Gasteiger partial charge in [-0.25, -0.2) is 4.39 Å². The summed E-state index contributed by atoms with van der Waals surface area (Å²) in [6.07, 6.45) is 1.73. The number of nitrogens with zero attached hydrogens (tertiary/aromatic N) is 1. The molecule has 1 aliphatic rings. The molecule has 1 aliphatic heterocycles. The fourth-order valence-electron chi connectivity index (χ4n) is 2.23. The molecule has 2 aromatic carbocycles. The number of thioether (sulfide) groups is 1. The van der Waals surface area contributed by atoms with Crippen LogP contribution in [0.15, 0.2) is 53.4 Å². The number of halogens is 1. The van der Waals surface area contributed by atoms with Crippen molar-refractivity contribution in [3.63, 3.8) is 0 Å². The normalized spacial score (nSPS) is 16.3. The van der Waals surface area contributed by atoms with Gasteiger partial charge in [-0.2, -0.15) is 0 Å². The van der Waals surface area contributed by atoms with E-state index in [9.17, 15) is 9.18 Å². The number of carbonyl (C=O) groups excluding carboxylic acids is 1. The standard InChI is InChI=1S/C17H12FNO2S2/c1-21-14-8-3-2-5-11(14)9-15-16(20)19(17(22)23-15)13-7-4-6-12(18)10-13/h2-10H,1H3. The quantitative estimate of drug-likeness (QED) is 0.615. The SMILES string of the molecule is COc1ccccc1C=C1SC(=S)N(c2cccc(F)c2)C1=O. The second-order valence-corrected chi connectivity index (χ2v) is 6.41. The van der Waals surface area contributed by atoms with Crippen molar-refractivity contribution in [1.82, 2.24) is 0 Å². The maximum Gasteiger partial charge on any atom is 0.270 e. The van der Waals surface area contributed by atoms with Gasteiger partial charge in [0.25, 0.3) is 5.91 Å². The van der Waals surface area contributed by atoms with E-state index in [1.807, 2.05) is 24.3 Å². The molecule has 2 aromatic rings. The van der Waals surface area contributed by atoms with Gasteiger partial charge in [0.2, 0.25) is 0 Å². The summed E-state index contributed by atoms with van der Waals surface area (Å²) >= 11 is 6.46. The summed E-state index contributed by atoms with van der Waals surface area (Å²) in [6.45, 7) is 0. The third kappa shape index (κ3) is 3.13. The summed E-state index contributed by atoms with van der Waals surface area (Å²) in [7, 11) is 1.57. The lowest BCUT2D eigenvalue weighted by Gasteiger charge is -2.14. The Kier molecular flexibility index (Phi) is 4.45. The van der Waals surface area contributed by atoms with E-state index in [2.05, 4.69) is 0 Å². The van der Waals surface area contributed by atoms with Gasteiger partial charge in [-0.1, -0.05) is 48.2 Å². The van der Waals surface area contributed by atoms with Crippen molar-refractivity contribution >= 4 is 46.0 Å². The van der Waals surface area contributed by atoms with Gasteiger partial charge < -0.3 is 4.74 Å². The Morgan fingerprint density at radius 2 is 2.00 bits per heavy atom. The Morgan fingerprint density at radius 3 is 2.74 bits per heavy atom. The Balaban J connectivity index is 1.97. The van der Waals surface area contributed by atoms with Crippen molar-refractivity contribution in [2.24, 2.45) is 0 Å². The molecule has 0 bridgehead atoms. The predicted octanol–water partition coefficient (Wildman–Crippen LogP) is 4.24.